The van der Waals surface area contributed by atoms with E-state index in [9.17, 15) is 18.3 Å². The summed E-state index contributed by atoms with van der Waals surface area (Å²) in [5.74, 6) is -0.377. The lowest BCUT2D eigenvalue weighted by Crippen LogP contribution is -2.34. The van der Waals surface area contributed by atoms with Crippen molar-refractivity contribution in [1.82, 2.24) is 4.90 Å². The van der Waals surface area contributed by atoms with E-state index in [1.54, 1.807) is 4.90 Å². The zero-order valence-corrected chi connectivity index (χ0v) is 9.90. The SMILES string of the molecule is OC(CN(CC(F)F)C1CC1)c1ccc(F)cc1. The van der Waals surface area contributed by atoms with Gasteiger partial charge in [0.2, 0.25) is 0 Å². The predicted molar refractivity (Wildman–Crippen MR) is 62.0 cm³/mol. The van der Waals surface area contributed by atoms with Crippen LogP contribution >= 0.6 is 0 Å². The summed E-state index contributed by atoms with van der Waals surface area (Å²) in [5, 5.41) is 9.96. The van der Waals surface area contributed by atoms with Crippen LogP contribution in [0.4, 0.5) is 13.2 Å². The first-order valence-electron chi connectivity index (χ1n) is 6.02. The Hall–Kier alpha value is -1.07. The molecule has 0 heterocycles. The number of hydrogen-bond acceptors (Lipinski definition) is 2. The lowest BCUT2D eigenvalue weighted by atomic mass is 10.1. The fourth-order valence-corrected chi connectivity index (χ4v) is 2.00. The maximum atomic E-state index is 12.7. The van der Waals surface area contributed by atoms with Gasteiger partial charge in [0.05, 0.1) is 12.6 Å². The molecule has 1 aliphatic carbocycles. The quantitative estimate of drug-likeness (QED) is 0.848. The molecule has 0 aromatic heterocycles. The average molecular weight is 259 g/mol. The second kappa shape index (κ2) is 5.71. The molecule has 0 spiro atoms. The molecule has 1 unspecified atom stereocenters. The Morgan fingerprint density at radius 2 is 1.78 bits per heavy atom. The molecule has 0 amide bonds. The van der Waals surface area contributed by atoms with Crippen LogP contribution in [0, 0.1) is 5.82 Å². The Kier molecular flexibility index (Phi) is 4.24. The van der Waals surface area contributed by atoms with Crippen molar-refractivity contribution in [2.45, 2.75) is 31.4 Å². The molecule has 1 aliphatic rings. The van der Waals surface area contributed by atoms with E-state index in [0.717, 1.165) is 12.8 Å². The number of aliphatic hydroxyl groups excluding tert-OH is 1. The topological polar surface area (TPSA) is 23.5 Å². The Bertz CT molecular complexity index is 378. The maximum Gasteiger partial charge on any atom is 0.251 e. The minimum absolute atomic E-state index is 0.161. The summed E-state index contributed by atoms with van der Waals surface area (Å²) in [7, 11) is 0. The van der Waals surface area contributed by atoms with Gasteiger partial charge in [-0.1, -0.05) is 12.1 Å². The molecule has 1 N–H and O–H groups in total. The molecular weight excluding hydrogens is 243 g/mol. The van der Waals surface area contributed by atoms with Gasteiger partial charge in [-0.25, -0.2) is 13.2 Å². The number of rotatable bonds is 6. The van der Waals surface area contributed by atoms with Gasteiger partial charge in [0.15, 0.2) is 0 Å². The van der Waals surface area contributed by atoms with Crippen LogP contribution < -0.4 is 0 Å². The fraction of sp³-hybridized carbons (Fsp3) is 0.538. The van der Waals surface area contributed by atoms with Crippen LogP contribution in [-0.4, -0.2) is 35.6 Å². The number of aliphatic hydroxyl groups is 1. The average Bonchev–Trinajstić information content (AvgIpc) is 3.12. The molecule has 0 aliphatic heterocycles. The van der Waals surface area contributed by atoms with Crippen LogP contribution in [0.25, 0.3) is 0 Å². The lowest BCUT2D eigenvalue weighted by Gasteiger charge is -2.24. The summed E-state index contributed by atoms with van der Waals surface area (Å²) in [6.07, 6.45) is -1.44. The van der Waals surface area contributed by atoms with Crippen LogP contribution in [-0.2, 0) is 0 Å². The summed E-state index contributed by atoms with van der Waals surface area (Å²) in [6.45, 7) is -0.149. The van der Waals surface area contributed by atoms with Gasteiger partial charge in [0.25, 0.3) is 6.43 Å². The molecule has 2 nitrogen and oxygen atoms in total. The standard InChI is InChI=1S/C13H16F3NO/c14-10-3-1-9(2-4-10)12(18)7-17(8-13(15)16)11-5-6-11/h1-4,11-13,18H,5-8H2. The highest BCUT2D eigenvalue weighted by Crippen LogP contribution is 2.29. The van der Waals surface area contributed by atoms with Crippen molar-refractivity contribution in [3.63, 3.8) is 0 Å². The van der Waals surface area contributed by atoms with E-state index >= 15 is 0 Å². The fourth-order valence-electron chi connectivity index (χ4n) is 2.00. The third kappa shape index (κ3) is 3.71. The summed E-state index contributed by atoms with van der Waals surface area (Å²) in [4.78, 5) is 1.61. The number of nitrogens with zero attached hydrogens (tertiary/aromatic N) is 1. The van der Waals surface area contributed by atoms with E-state index in [2.05, 4.69) is 0 Å². The molecular formula is C13H16F3NO. The van der Waals surface area contributed by atoms with Crippen molar-refractivity contribution in [1.29, 1.82) is 0 Å². The summed E-state index contributed by atoms with van der Waals surface area (Å²) >= 11 is 0. The molecule has 100 valence electrons. The second-order valence-corrected chi connectivity index (χ2v) is 4.64. The Morgan fingerprint density at radius 1 is 1.17 bits per heavy atom. The van der Waals surface area contributed by atoms with Crippen molar-refractivity contribution >= 4 is 0 Å². The number of alkyl halides is 2. The second-order valence-electron chi connectivity index (χ2n) is 4.64. The van der Waals surface area contributed by atoms with Crippen LogP contribution in [0.5, 0.6) is 0 Å². The van der Waals surface area contributed by atoms with E-state index in [-0.39, 0.29) is 24.9 Å². The van der Waals surface area contributed by atoms with Gasteiger partial charge < -0.3 is 5.11 Å². The monoisotopic (exact) mass is 259 g/mol. The smallest absolute Gasteiger partial charge is 0.251 e. The van der Waals surface area contributed by atoms with Gasteiger partial charge in [-0.2, -0.15) is 0 Å². The lowest BCUT2D eigenvalue weighted by molar-refractivity contribution is 0.0502. The number of hydrogen-bond donors (Lipinski definition) is 1. The van der Waals surface area contributed by atoms with Crippen molar-refractivity contribution in [2.75, 3.05) is 13.1 Å². The maximum absolute atomic E-state index is 12.7. The normalized spacial score (nSPS) is 17.4. The van der Waals surface area contributed by atoms with Crippen LogP contribution in [0.1, 0.15) is 24.5 Å². The Labute approximate surface area is 104 Å². The van der Waals surface area contributed by atoms with Crippen molar-refractivity contribution in [3.05, 3.63) is 35.6 Å². The van der Waals surface area contributed by atoms with E-state index < -0.39 is 12.5 Å². The van der Waals surface area contributed by atoms with Crippen LogP contribution in [0.3, 0.4) is 0 Å². The highest BCUT2D eigenvalue weighted by molar-refractivity contribution is 5.18. The van der Waals surface area contributed by atoms with Crippen molar-refractivity contribution < 1.29 is 18.3 Å². The largest absolute Gasteiger partial charge is 0.387 e. The van der Waals surface area contributed by atoms with Gasteiger partial charge in [0, 0.05) is 12.6 Å². The van der Waals surface area contributed by atoms with E-state index in [4.69, 9.17) is 0 Å². The summed E-state index contributed by atoms with van der Waals surface area (Å²) in [6, 6.07) is 5.63. The number of halogens is 3. The summed E-state index contributed by atoms with van der Waals surface area (Å²) < 4.78 is 37.5. The third-order valence-corrected chi connectivity index (χ3v) is 3.10. The van der Waals surface area contributed by atoms with Gasteiger partial charge in [-0.15, -0.1) is 0 Å². The van der Waals surface area contributed by atoms with Crippen molar-refractivity contribution in [2.24, 2.45) is 0 Å². The van der Waals surface area contributed by atoms with E-state index in [1.807, 2.05) is 0 Å². The first kappa shape index (κ1) is 13.4. The molecule has 0 bridgehead atoms. The van der Waals surface area contributed by atoms with Gasteiger partial charge in [-0.05, 0) is 30.5 Å². The summed E-state index contributed by atoms with van der Waals surface area (Å²) in [5.41, 5.74) is 0.552. The molecule has 0 saturated heterocycles. The molecule has 1 aromatic carbocycles. The van der Waals surface area contributed by atoms with Crippen LogP contribution in [0.2, 0.25) is 0 Å². The first-order chi connectivity index (χ1) is 8.56. The molecule has 0 radical (unpaired) electrons. The molecule has 2 rings (SSSR count). The van der Waals surface area contributed by atoms with Gasteiger partial charge in [0.1, 0.15) is 5.82 Å². The molecule has 1 fully saturated rings. The van der Waals surface area contributed by atoms with E-state index in [0.29, 0.717) is 5.56 Å². The highest BCUT2D eigenvalue weighted by atomic mass is 19.3. The van der Waals surface area contributed by atoms with Gasteiger partial charge >= 0.3 is 0 Å². The van der Waals surface area contributed by atoms with E-state index in [1.165, 1.54) is 24.3 Å². The molecule has 1 aromatic rings. The first-order valence-corrected chi connectivity index (χ1v) is 6.02. The minimum atomic E-state index is -2.40. The molecule has 18 heavy (non-hydrogen) atoms. The zero-order valence-electron chi connectivity index (χ0n) is 9.90. The predicted octanol–water partition coefficient (Wildman–Crippen LogP) is 2.59. The third-order valence-electron chi connectivity index (χ3n) is 3.10. The van der Waals surface area contributed by atoms with Crippen molar-refractivity contribution in [3.8, 4) is 0 Å². The highest BCUT2D eigenvalue weighted by Gasteiger charge is 2.32. The molecule has 1 saturated carbocycles. The molecule has 1 atom stereocenters. The zero-order chi connectivity index (χ0) is 13.1. The minimum Gasteiger partial charge on any atom is -0.387 e. The van der Waals surface area contributed by atoms with Crippen LogP contribution in [0.15, 0.2) is 24.3 Å². The Balaban J connectivity index is 1.95. The number of benzene rings is 1. The molecule has 5 heteroatoms. The Morgan fingerprint density at radius 3 is 2.28 bits per heavy atom. The van der Waals surface area contributed by atoms with Gasteiger partial charge in [-0.3, -0.25) is 4.90 Å².